The molecule has 42 heavy (non-hydrogen) atoms. The van der Waals surface area contributed by atoms with Gasteiger partial charge in [-0.3, -0.25) is 4.79 Å². The fraction of sp³-hybridized carbons (Fsp3) is 0.323. The van der Waals surface area contributed by atoms with Gasteiger partial charge in [0.1, 0.15) is 17.6 Å². The quantitative estimate of drug-likeness (QED) is 0.307. The van der Waals surface area contributed by atoms with Gasteiger partial charge in [-0.05, 0) is 61.5 Å². The van der Waals surface area contributed by atoms with Gasteiger partial charge in [0.25, 0.3) is 5.91 Å². The summed E-state index contributed by atoms with van der Waals surface area (Å²) in [6, 6.07) is 19.6. The molecule has 5 amide bonds. The van der Waals surface area contributed by atoms with Crippen LogP contribution in [0.3, 0.4) is 0 Å². The van der Waals surface area contributed by atoms with Crippen molar-refractivity contribution in [3.8, 4) is 11.5 Å². The molecule has 3 aromatic rings. The number of nitrogens with zero attached hydrogens (tertiary/aromatic N) is 2. The molecule has 0 spiro atoms. The van der Waals surface area contributed by atoms with Crippen LogP contribution in [0, 0.1) is 5.92 Å². The van der Waals surface area contributed by atoms with Gasteiger partial charge in [-0.1, -0.05) is 25.1 Å². The van der Waals surface area contributed by atoms with Crippen LogP contribution in [0.4, 0.5) is 26.7 Å². The highest BCUT2D eigenvalue weighted by molar-refractivity contribution is 6.02. The minimum atomic E-state index is -0.475. The molecule has 0 bridgehead atoms. The summed E-state index contributed by atoms with van der Waals surface area (Å²) in [5, 5.41) is 18.3. The van der Waals surface area contributed by atoms with Crippen molar-refractivity contribution in [3.05, 3.63) is 78.4 Å². The zero-order valence-corrected chi connectivity index (χ0v) is 24.2. The first-order valence-corrected chi connectivity index (χ1v) is 13.7. The largest absolute Gasteiger partial charge is 0.497 e. The Morgan fingerprint density at radius 1 is 1.02 bits per heavy atom. The number of carbonyl (C=O) groups is 3. The molecule has 4 rings (SSSR count). The van der Waals surface area contributed by atoms with Gasteiger partial charge >= 0.3 is 12.1 Å². The predicted octanol–water partition coefficient (Wildman–Crippen LogP) is 4.72. The van der Waals surface area contributed by atoms with Gasteiger partial charge in [0.05, 0.1) is 31.9 Å². The monoisotopic (exact) mass is 575 g/mol. The van der Waals surface area contributed by atoms with Crippen molar-refractivity contribution in [2.75, 3.05) is 49.8 Å². The number of hydrogen-bond acceptors (Lipinski definition) is 6. The molecule has 1 aliphatic heterocycles. The van der Waals surface area contributed by atoms with Crippen molar-refractivity contribution >= 4 is 35.0 Å². The van der Waals surface area contributed by atoms with Gasteiger partial charge in [0, 0.05) is 36.6 Å². The van der Waals surface area contributed by atoms with Gasteiger partial charge in [0.2, 0.25) is 0 Å². The van der Waals surface area contributed by atoms with Crippen LogP contribution in [-0.2, 0) is 0 Å². The molecule has 3 atom stereocenters. The van der Waals surface area contributed by atoms with E-state index in [1.807, 2.05) is 25.1 Å². The Labute approximate surface area is 245 Å². The molecule has 0 aliphatic carbocycles. The third-order valence-electron chi connectivity index (χ3n) is 7.10. The smallest absolute Gasteiger partial charge is 0.323 e. The number of nitrogens with one attached hydrogen (secondary N) is 3. The molecule has 0 saturated heterocycles. The molecule has 1 heterocycles. The molecular weight excluding hydrogens is 538 g/mol. The maximum atomic E-state index is 13.7. The van der Waals surface area contributed by atoms with E-state index in [9.17, 15) is 19.5 Å². The zero-order valence-electron chi connectivity index (χ0n) is 24.2. The summed E-state index contributed by atoms with van der Waals surface area (Å²) < 4.78 is 11.5. The second-order valence-electron chi connectivity index (χ2n) is 10.3. The average Bonchev–Trinajstić information content (AvgIpc) is 2.99. The van der Waals surface area contributed by atoms with Crippen molar-refractivity contribution in [2.24, 2.45) is 5.92 Å². The van der Waals surface area contributed by atoms with Crippen LogP contribution in [-0.4, -0.2) is 78.9 Å². The van der Waals surface area contributed by atoms with E-state index in [0.717, 1.165) is 0 Å². The summed E-state index contributed by atoms with van der Waals surface area (Å²) in [5.74, 6) is 0.504. The van der Waals surface area contributed by atoms with E-state index < -0.39 is 18.2 Å². The Hall–Kier alpha value is -4.77. The van der Waals surface area contributed by atoms with Crippen LogP contribution in [0.2, 0.25) is 0 Å². The van der Waals surface area contributed by atoms with Gasteiger partial charge in [0.15, 0.2) is 0 Å². The molecule has 0 saturated carbocycles. The molecular formula is C31H37N5O6. The number of fused-ring (bicyclic) bond motifs is 1. The highest BCUT2D eigenvalue weighted by Crippen LogP contribution is 2.31. The topological polar surface area (TPSA) is 132 Å². The van der Waals surface area contributed by atoms with Gasteiger partial charge < -0.3 is 40.3 Å². The van der Waals surface area contributed by atoms with E-state index in [4.69, 9.17) is 9.47 Å². The van der Waals surface area contributed by atoms with Crippen LogP contribution in [0.25, 0.3) is 0 Å². The van der Waals surface area contributed by atoms with Crippen LogP contribution in [0.1, 0.15) is 24.2 Å². The second-order valence-corrected chi connectivity index (χ2v) is 10.3. The van der Waals surface area contributed by atoms with Gasteiger partial charge in [-0.2, -0.15) is 0 Å². The number of aliphatic hydroxyl groups is 1. The lowest BCUT2D eigenvalue weighted by molar-refractivity contribution is 0.0371. The number of benzene rings is 3. The lowest BCUT2D eigenvalue weighted by atomic mass is 9.99. The second kappa shape index (κ2) is 13.7. The SMILES string of the molecule is COc1ccc(NC(=O)N(C)C[C@H]2Oc3ccc(NC(=O)Nc4ccccc4)cc3C(=O)N([C@@H](C)CO)C[C@@H]2C)cc1. The molecule has 4 N–H and O–H groups in total. The van der Waals surface area contributed by atoms with Crippen molar-refractivity contribution in [1.29, 1.82) is 0 Å². The molecule has 1 aliphatic rings. The Kier molecular flexibility index (Phi) is 9.87. The first-order chi connectivity index (χ1) is 20.2. The number of likely N-dealkylation sites (N-methyl/N-ethyl adjacent to an activating group) is 1. The average molecular weight is 576 g/mol. The maximum absolute atomic E-state index is 13.7. The van der Waals surface area contributed by atoms with Gasteiger partial charge in [-0.25, -0.2) is 9.59 Å². The number of ether oxygens (including phenoxy) is 2. The zero-order chi connectivity index (χ0) is 30.2. The van der Waals surface area contributed by atoms with E-state index in [0.29, 0.717) is 35.1 Å². The van der Waals surface area contributed by atoms with E-state index >= 15 is 0 Å². The highest BCUT2D eigenvalue weighted by Gasteiger charge is 2.34. The molecule has 0 fully saturated rings. The first kappa shape index (κ1) is 30.2. The molecule has 222 valence electrons. The van der Waals surface area contributed by atoms with E-state index in [1.165, 1.54) is 4.90 Å². The van der Waals surface area contributed by atoms with Crippen LogP contribution >= 0.6 is 0 Å². The summed E-state index contributed by atoms with van der Waals surface area (Å²) in [6.45, 7) is 4.02. The van der Waals surface area contributed by atoms with Crippen molar-refractivity contribution in [2.45, 2.75) is 26.0 Å². The number of hydrogen-bond donors (Lipinski definition) is 4. The Balaban J connectivity index is 1.53. The van der Waals surface area contributed by atoms with Crippen LogP contribution in [0.5, 0.6) is 11.5 Å². The minimum Gasteiger partial charge on any atom is -0.497 e. The summed E-state index contributed by atoms with van der Waals surface area (Å²) in [5.41, 5.74) is 1.89. The van der Waals surface area contributed by atoms with Gasteiger partial charge in [-0.15, -0.1) is 0 Å². The Morgan fingerprint density at radius 2 is 1.67 bits per heavy atom. The maximum Gasteiger partial charge on any atom is 0.323 e. The first-order valence-electron chi connectivity index (χ1n) is 13.7. The lowest BCUT2D eigenvalue weighted by Crippen LogP contribution is -2.50. The molecule has 0 radical (unpaired) electrons. The standard InChI is InChI=1S/C31H37N5O6/c1-20-17-36(21(2)19-37)29(38)26-16-24(33-30(39)32-22-8-6-5-7-9-22)12-15-27(26)42-28(20)18-35(3)31(40)34-23-10-13-25(41-4)14-11-23/h5-16,20-21,28,37H,17-19H2,1-4H3,(H,34,40)(H2,32,33,39)/t20-,21-,28+/m0/s1. The van der Waals surface area contributed by atoms with Crippen LogP contribution in [0.15, 0.2) is 72.8 Å². The Bertz CT molecular complexity index is 1380. The number of methoxy groups -OCH3 is 1. The van der Waals surface area contributed by atoms with Crippen molar-refractivity contribution < 1.29 is 29.0 Å². The number of para-hydroxylation sites is 1. The predicted molar refractivity (Wildman–Crippen MR) is 161 cm³/mol. The van der Waals surface area contributed by atoms with E-state index in [2.05, 4.69) is 16.0 Å². The molecule has 11 nitrogen and oxygen atoms in total. The van der Waals surface area contributed by atoms with E-state index in [-0.39, 0.29) is 36.6 Å². The third kappa shape index (κ3) is 7.49. The summed E-state index contributed by atoms with van der Waals surface area (Å²) in [6.07, 6.45) is -0.475. The number of carbonyl (C=O) groups excluding carboxylic acids is 3. The third-order valence-corrected chi connectivity index (χ3v) is 7.10. The highest BCUT2D eigenvalue weighted by atomic mass is 16.5. The number of amides is 5. The fourth-order valence-electron chi connectivity index (χ4n) is 4.58. The Morgan fingerprint density at radius 3 is 2.33 bits per heavy atom. The number of rotatable bonds is 8. The number of anilines is 3. The minimum absolute atomic E-state index is 0.179. The normalized spacial score (nSPS) is 17.1. The summed E-state index contributed by atoms with van der Waals surface area (Å²) >= 11 is 0. The summed E-state index contributed by atoms with van der Waals surface area (Å²) in [4.78, 5) is 42.4. The molecule has 0 aromatic heterocycles. The number of aliphatic hydroxyl groups excluding tert-OH is 1. The van der Waals surface area contributed by atoms with Crippen molar-refractivity contribution in [1.82, 2.24) is 9.80 Å². The van der Waals surface area contributed by atoms with Crippen molar-refractivity contribution in [3.63, 3.8) is 0 Å². The molecule has 11 heteroatoms. The fourth-order valence-corrected chi connectivity index (χ4v) is 4.58. The lowest BCUT2D eigenvalue weighted by Gasteiger charge is -2.38. The van der Waals surface area contributed by atoms with Crippen LogP contribution < -0.4 is 25.4 Å². The van der Waals surface area contributed by atoms with E-state index in [1.54, 1.807) is 80.6 Å². The number of urea groups is 2. The molecule has 0 unspecified atom stereocenters. The molecule has 3 aromatic carbocycles. The summed E-state index contributed by atoms with van der Waals surface area (Å²) in [7, 11) is 3.25.